The van der Waals surface area contributed by atoms with Crippen LogP contribution in [0.3, 0.4) is 0 Å². The summed E-state index contributed by atoms with van der Waals surface area (Å²) in [5, 5.41) is 13.3. The number of carbonyl (C=O) groups is 4. The van der Waals surface area contributed by atoms with Crippen LogP contribution >= 0.6 is 0 Å². The van der Waals surface area contributed by atoms with E-state index in [1.54, 1.807) is 62.4 Å². The molecule has 2 amide bonds. The van der Waals surface area contributed by atoms with Crippen LogP contribution < -0.4 is 20.1 Å². The van der Waals surface area contributed by atoms with E-state index in [-0.39, 0.29) is 72.2 Å². The zero-order valence-electron chi connectivity index (χ0n) is 42.1. The number of Topliss-reactive ketones (excluding diaryl/α,β-unsaturated/α-hetero) is 2. The van der Waals surface area contributed by atoms with Crippen molar-refractivity contribution in [2.24, 2.45) is 20.8 Å². The van der Waals surface area contributed by atoms with Crippen LogP contribution in [0, 0.1) is 10.8 Å². The van der Waals surface area contributed by atoms with Crippen LogP contribution in [0.4, 0.5) is 0 Å². The molecule has 0 spiro atoms. The van der Waals surface area contributed by atoms with Gasteiger partial charge in [-0.25, -0.2) is 16.8 Å². The van der Waals surface area contributed by atoms with Gasteiger partial charge in [0.1, 0.15) is 23.8 Å². The van der Waals surface area contributed by atoms with Crippen molar-refractivity contribution in [1.82, 2.24) is 40.4 Å². The molecular formula is C55H74N10O10S2. The standard InChI is InChI=1S/C28H31N5O5S.C24H31N5O5S.3CH4/c1-3-20(23(34)27-31-24(32-38-27)18-11-5-4-6-12-18)30-26(35)21(17-28(2)15-9-10-16-28)29-25-19-13-7-8-14-22(19)39(36,37)33-25;1-4-16(20(30)23-27-19(5-2)28-34-23)26-22(31)17(14-24(3)12-8-9-13-24)25-21-15-10-6-7-11-18(15)35(32,33)29-21;;;/h4-8,11-14,20-21H,3,9-10,15-17H2,1-2H3,(H,29,33)(H,30,35);6-7,10-11,16-17H,4-5,8-9,12-14H2,1-3H3,(H,25,29)(H,26,31);3*1H4/t20-,21?;16-,17-;;;/m00.../s1. The lowest BCUT2D eigenvalue weighted by Gasteiger charge is -2.28. The van der Waals surface area contributed by atoms with Gasteiger partial charge >= 0.3 is 0 Å². The molecule has 4 aliphatic rings. The van der Waals surface area contributed by atoms with Gasteiger partial charge < -0.3 is 19.7 Å². The third kappa shape index (κ3) is 14.0. The largest absolute Gasteiger partial charge is 0.344 e. The highest BCUT2D eigenvalue weighted by atomic mass is 32.2. The number of amides is 2. The fraction of sp³-hybridized carbons (Fsp3) is 0.491. The Morgan fingerprint density at radius 3 is 1.42 bits per heavy atom. The topological polar surface area (TPSA) is 287 Å². The van der Waals surface area contributed by atoms with E-state index in [1.165, 1.54) is 12.1 Å². The molecule has 2 aliphatic heterocycles. The number of aromatic nitrogens is 4. The minimum Gasteiger partial charge on any atom is -0.344 e. The summed E-state index contributed by atoms with van der Waals surface area (Å²) in [6, 6.07) is 18.7. The number of amidine groups is 2. The molecule has 9 rings (SSSR count). The van der Waals surface area contributed by atoms with Crippen LogP contribution in [0.1, 0.15) is 172 Å². The summed E-state index contributed by atoms with van der Waals surface area (Å²) in [6.45, 7) is 9.65. The van der Waals surface area contributed by atoms with E-state index < -0.39 is 67.6 Å². The van der Waals surface area contributed by atoms with Gasteiger partial charge in [0.05, 0.1) is 21.9 Å². The molecule has 1 unspecified atom stereocenters. The maximum Gasteiger partial charge on any atom is 0.296 e. The highest BCUT2D eigenvalue weighted by Gasteiger charge is 2.40. The number of nitrogens with zero attached hydrogens (tertiary/aromatic N) is 6. The van der Waals surface area contributed by atoms with Crippen molar-refractivity contribution in [3.05, 3.63) is 108 Å². The fourth-order valence-electron chi connectivity index (χ4n) is 10.0. The van der Waals surface area contributed by atoms with Gasteiger partial charge in [0.2, 0.25) is 29.2 Å². The molecule has 2 fully saturated rings. The Kier molecular flexibility index (Phi) is 20.2. The summed E-state index contributed by atoms with van der Waals surface area (Å²) in [5.74, 6) is -1.20. The number of rotatable bonds is 18. The number of aliphatic imine (C=N–C) groups is 2. The predicted molar refractivity (Wildman–Crippen MR) is 293 cm³/mol. The first-order valence-corrected chi connectivity index (χ1v) is 28.1. The van der Waals surface area contributed by atoms with Crippen molar-refractivity contribution < 1.29 is 45.1 Å². The van der Waals surface area contributed by atoms with E-state index in [4.69, 9.17) is 9.05 Å². The molecule has 22 heteroatoms. The number of ketones is 2. The molecule has 3 aromatic carbocycles. The van der Waals surface area contributed by atoms with Crippen molar-refractivity contribution in [2.45, 2.75) is 174 Å². The summed E-state index contributed by atoms with van der Waals surface area (Å²) < 4.78 is 65.7. The number of hydrogen-bond donors (Lipinski definition) is 4. The van der Waals surface area contributed by atoms with Gasteiger partial charge in [0, 0.05) is 23.1 Å². The first-order chi connectivity index (χ1) is 35.3. The van der Waals surface area contributed by atoms with Gasteiger partial charge in [-0.2, -0.15) is 9.97 Å². The van der Waals surface area contributed by atoms with E-state index in [9.17, 15) is 36.0 Å². The number of fused-ring (bicyclic) bond motifs is 2. The highest BCUT2D eigenvalue weighted by molar-refractivity contribution is 7.91. The lowest BCUT2D eigenvalue weighted by atomic mass is 9.82. The van der Waals surface area contributed by atoms with Crippen molar-refractivity contribution in [3.8, 4) is 11.4 Å². The SMILES string of the molecule is C.C.C.CC[C@H](NC(=O)C(CC1(C)CCCC1)N=C1NS(=O)(=O)c2ccccc21)C(=O)c1nc(-c2ccccc2)no1.CCc1noc(C(=O)[C@H](CC)NC(=O)[C@H](CC2(C)CCCC2)N=C2NS(=O)(=O)c3ccccc32)n1. The average molecular weight is 1100 g/mol. The molecule has 2 saturated carbocycles. The summed E-state index contributed by atoms with van der Waals surface area (Å²) in [5.41, 5.74) is 1.35. The molecule has 4 N–H and O–H groups in total. The van der Waals surface area contributed by atoms with Crippen LogP contribution in [0.5, 0.6) is 0 Å². The van der Waals surface area contributed by atoms with E-state index in [2.05, 4.69) is 64.2 Å². The number of aryl methyl sites for hydroxylation is 1. The fourth-order valence-corrected chi connectivity index (χ4v) is 12.5. The minimum absolute atomic E-state index is 0. The molecule has 0 radical (unpaired) electrons. The quantitative estimate of drug-likeness (QED) is 0.0598. The molecule has 0 bridgehead atoms. The lowest BCUT2D eigenvalue weighted by Crippen LogP contribution is -2.46. The van der Waals surface area contributed by atoms with Crippen molar-refractivity contribution in [1.29, 1.82) is 0 Å². The summed E-state index contributed by atoms with van der Waals surface area (Å²) >= 11 is 0. The Labute approximate surface area is 452 Å². The number of sulfonamides is 2. The molecule has 2 aliphatic carbocycles. The Hall–Kier alpha value is -6.94. The average Bonchev–Trinajstić information content (AvgIpc) is 4.29. The van der Waals surface area contributed by atoms with E-state index in [1.807, 2.05) is 25.1 Å². The first kappa shape index (κ1) is 60.9. The highest BCUT2D eigenvalue weighted by Crippen LogP contribution is 2.43. The number of carbonyl (C=O) groups excluding carboxylic acids is 4. The molecular weight excluding hydrogens is 1020 g/mol. The number of benzene rings is 3. The lowest BCUT2D eigenvalue weighted by molar-refractivity contribution is -0.124. The van der Waals surface area contributed by atoms with Crippen LogP contribution in [-0.2, 0) is 36.1 Å². The Bertz CT molecular complexity index is 3180. The third-order valence-electron chi connectivity index (χ3n) is 14.2. The molecule has 77 heavy (non-hydrogen) atoms. The second-order valence-corrected chi connectivity index (χ2v) is 23.3. The van der Waals surface area contributed by atoms with E-state index in [0.717, 1.165) is 51.4 Å². The zero-order chi connectivity index (χ0) is 52.8. The van der Waals surface area contributed by atoms with Gasteiger partial charge in [-0.1, -0.05) is 147 Å². The van der Waals surface area contributed by atoms with Crippen LogP contribution in [-0.4, -0.2) is 96.3 Å². The van der Waals surface area contributed by atoms with Gasteiger partial charge in [0.15, 0.2) is 5.82 Å². The monoisotopic (exact) mass is 1100 g/mol. The van der Waals surface area contributed by atoms with Crippen molar-refractivity contribution in [2.75, 3.05) is 0 Å². The summed E-state index contributed by atoms with van der Waals surface area (Å²) in [4.78, 5) is 71.1. The second-order valence-electron chi connectivity index (χ2n) is 20.0. The summed E-state index contributed by atoms with van der Waals surface area (Å²) in [6.07, 6.45) is 10.1. The van der Waals surface area contributed by atoms with Crippen molar-refractivity contribution in [3.63, 3.8) is 0 Å². The third-order valence-corrected chi connectivity index (χ3v) is 17.0. The van der Waals surface area contributed by atoms with E-state index >= 15 is 0 Å². The van der Waals surface area contributed by atoms with Gasteiger partial charge in [-0.15, -0.1) is 0 Å². The molecule has 20 nitrogen and oxygen atoms in total. The minimum atomic E-state index is -3.76. The number of nitrogens with one attached hydrogen (secondary N) is 4. The summed E-state index contributed by atoms with van der Waals surface area (Å²) in [7, 11) is -7.50. The van der Waals surface area contributed by atoms with Gasteiger partial charge in [-0.05, 0) is 86.5 Å². The maximum absolute atomic E-state index is 13.7. The smallest absolute Gasteiger partial charge is 0.296 e. The Balaban J connectivity index is 0.000000275. The maximum atomic E-state index is 13.7. The molecule has 416 valence electrons. The van der Waals surface area contributed by atoms with Gasteiger partial charge in [0.25, 0.3) is 31.8 Å². The molecule has 4 heterocycles. The molecule has 5 aromatic rings. The zero-order valence-corrected chi connectivity index (χ0v) is 43.7. The van der Waals surface area contributed by atoms with Gasteiger partial charge in [-0.3, -0.25) is 38.6 Å². The Morgan fingerprint density at radius 1 is 0.597 bits per heavy atom. The van der Waals surface area contributed by atoms with Crippen LogP contribution in [0.2, 0.25) is 0 Å². The predicted octanol–water partition coefficient (Wildman–Crippen LogP) is 8.59. The first-order valence-electron chi connectivity index (χ1n) is 25.2. The van der Waals surface area contributed by atoms with Crippen LogP contribution in [0.15, 0.2) is 108 Å². The second kappa shape index (κ2) is 25.5. The Morgan fingerprint density at radius 2 is 1.00 bits per heavy atom. The van der Waals surface area contributed by atoms with Crippen molar-refractivity contribution >= 4 is 55.1 Å². The molecule has 0 saturated heterocycles. The number of hydrogen-bond acceptors (Lipinski definition) is 16. The molecule has 4 atom stereocenters. The molecule has 2 aromatic heterocycles. The normalized spacial score (nSPS) is 19.4. The van der Waals surface area contributed by atoms with E-state index in [0.29, 0.717) is 54.6 Å². The van der Waals surface area contributed by atoms with Crippen LogP contribution in [0.25, 0.3) is 11.4 Å².